The molecule has 0 aliphatic heterocycles. The van der Waals surface area contributed by atoms with Crippen molar-refractivity contribution in [2.75, 3.05) is 6.54 Å². The van der Waals surface area contributed by atoms with Gasteiger partial charge in [-0.3, -0.25) is 0 Å². The van der Waals surface area contributed by atoms with Crippen molar-refractivity contribution in [3.8, 4) is 0 Å². The molecule has 112 valence electrons. The third-order valence-corrected chi connectivity index (χ3v) is 4.38. The fourth-order valence-corrected chi connectivity index (χ4v) is 3.17. The third-order valence-electron chi connectivity index (χ3n) is 4.38. The van der Waals surface area contributed by atoms with Gasteiger partial charge in [0.05, 0.1) is 6.10 Å². The number of rotatable bonds is 6. The average molecular weight is 279 g/mol. The van der Waals surface area contributed by atoms with Crippen molar-refractivity contribution in [3.05, 3.63) is 35.6 Å². The summed E-state index contributed by atoms with van der Waals surface area (Å²) in [5, 5.41) is 13.5. The van der Waals surface area contributed by atoms with E-state index in [1.165, 1.54) is 50.7 Å². The Morgan fingerprint density at radius 2 is 2.05 bits per heavy atom. The molecule has 0 aromatic heterocycles. The van der Waals surface area contributed by atoms with Crippen LogP contribution in [0.15, 0.2) is 24.3 Å². The quantitative estimate of drug-likeness (QED) is 0.830. The summed E-state index contributed by atoms with van der Waals surface area (Å²) in [5.41, 5.74) is 0.650. The van der Waals surface area contributed by atoms with Gasteiger partial charge in [0.2, 0.25) is 0 Å². The van der Waals surface area contributed by atoms with Crippen molar-refractivity contribution in [3.63, 3.8) is 0 Å². The number of hydrogen-bond donors (Lipinski definition) is 2. The lowest BCUT2D eigenvalue weighted by molar-refractivity contribution is 0.161. The largest absolute Gasteiger partial charge is 0.387 e. The highest BCUT2D eigenvalue weighted by atomic mass is 19.1. The summed E-state index contributed by atoms with van der Waals surface area (Å²) >= 11 is 0. The normalized spacial score (nSPS) is 24.6. The van der Waals surface area contributed by atoms with Gasteiger partial charge >= 0.3 is 0 Å². The number of hydrogen-bond acceptors (Lipinski definition) is 2. The van der Waals surface area contributed by atoms with E-state index in [0.29, 0.717) is 18.2 Å². The van der Waals surface area contributed by atoms with Crippen LogP contribution in [0.3, 0.4) is 0 Å². The van der Waals surface area contributed by atoms with Gasteiger partial charge in [0, 0.05) is 12.6 Å². The van der Waals surface area contributed by atoms with Crippen molar-refractivity contribution in [2.45, 2.75) is 57.6 Å². The predicted octanol–water partition coefficient (Wildman–Crippen LogP) is 3.81. The molecule has 2 rings (SSSR count). The zero-order chi connectivity index (χ0) is 14.4. The highest BCUT2D eigenvalue weighted by Gasteiger charge is 2.21. The molecule has 1 aliphatic carbocycles. The van der Waals surface area contributed by atoms with Gasteiger partial charge in [-0.15, -0.1) is 0 Å². The van der Waals surface area contributed by atoms with E-state index in [-0.39, 0.29) is 5.82 Å². The number of aliphatic hydroxyl groups excluding tert-OH is 1. The molecule has 1 aromatic rings. The minimum atomic E-state index is -0.626. The topological polar surface area (TPSA) is 32.3 Å². The van der Waals surface area contributed by atoms with Crippen LogP contribution in [0.25, 0.3) is 0 Å². The van der Waals surface area contributed by atoms with Crippen LogP contribution >= 0.6 is 0 Å². The summed E-state index contributed by atoms with van der Waals surface area (Å²) in [6.45, 7) is 2.76. The summed E-state index contributed by atoms with van der Waals surface area (Å²) in [7, 11) is 0. The Balaban J connectivity index is 1.73. The van der Waals surface area contributed by atoms with Crippen LogP contribution in [0.1, 0.15) is 57.1 Å². The van der Waals surface area contributed by atoms with E-state index >= 15 is 0 Å². The van der Waals surface area contributed by atoms with Gasteiger partial charge in [-0.1, -0.05) is 31.9 Å². The molecule has 20 heavy (non-hydrogen) atoms. The summed E-state index contributed by atoms with van der Waals surface area (Å²) in [6, 6.07) is 6.73. The number of nitrogens with one attached hydrogen (secondary N) is 1. The monoisotopic (exact) mass is 279 g/mol. The first kappa shape index (κ1) is 15.5. The molecule has 1 atom stereocenters. The first-order chi connectivity index (χ1) is 9.69. The van der Waals surface area contributed by atoms with Crippen LogP contribution in [0.2, 0.25) is 0 Å². The molecule has 1 fully saturated rings. The zero-order valence-electron chi connectivity index (χ0n) is 12.3. The SMILES string of the molecule is CCCC1CCC(NCC(O)c2cccc(F)c2)CC1. The van der Waals surface area contributed by atoms with E-state index in [1.807, 2.05) is 0 Å². The minimum Gasteiger partial charge on any atom is -0.387 e. The summed E-state index contributed by atoms with van der Waals surface area (Å²) in [6.07, 6.45) is 6.98. The maximum atomic E-state index is 13.1. The molecule has 3 heteroatoms. The Morgan fingerprint density at radius 1 is 1.30 bits per heavy atom. The van der Waals surface area contributed by atoms with E-state index in [0.717, 1.165) is 5.92 Å². The first-order valence-corrected chi connectivity index (χ1v) is 7.86. The van der Waals surface area contributed by atoms with Crippen molar-refractivity contribution < 1.29 is 9.50 Å². The van der Waals surface area contributed by atoms with Gasteiger partial charge in [0.15, 0.2) is 0 Å². The number of benzene rings is 1. The van der Waals surface area contributed by atoms with E-state index < -0.39 is 6.10 Å². The molecular formula is C17H26FNO. The molecule has 0 amide bonds. The Labute approximate surface area is 121 Å². The van der Waals surface area contributed by atoms with Crippen LogP contribution < -0.4 is 5.32 Å². The lowest BCUT2D eigenvalue weighted by atomic mass is 9.83. The second kappa shape index (κ2) is 7.75. The molecule has 0 bridgehead atoms. The third kappa shape index (κ3) is 4.57. The predicted molar refractivity (Wildman–Crippen MR) is 80.0 cm³/mol. The Kier molecular flexibility index (Phi) is 5.99. The van der Waals surface area contributed by atoms with E-state index in [4.69, 9.17) is 0 Å². The number of aliphatic hydroxyl groups is 1. The molecule has 1 aromatic carbocycles. The smallest absolute Gasteiger partial charge is 0.123 e. The van der Waals surface area contributed by atoms with Crippen molar-refractivity contribution in [1.29, 1.82) is 0 Å². The maximum Gasteiger partial charge on any atom is 0.123 e. The second-order valence-electron chi connectivity index (χ2n) is 5.99. The van der Waals surface area contributed by atoms with Crippen LogP contribution in [0, 0.1) is 11.7 Å². The fraction of sp³-hybridized carbons (Fsp3) is 0.647. The summed E-state index contributed by atoms with van der Waals surface area (Å²) < 4.78 is 13.1. The second-order valence-corrected chi connectivity index (χ2v) is 5.99. The zero-order valence-corrected chi connectivity index (χ0v) is 12.3. The Bertz CT molecular complexity index is 402. The molecule has 1 unspecified atom stereocenters. The molecule has 1 aliphatic rings. The van der Waals surface area contributed by atoms with Crippen molar-refractivity contribution in [1.82, 2.24) is 5.32 Å². The lowest BCUT2D eigenvalue weighted by Gasteiger charge is -2.29. The molecular weight excluding hydrogens is 253 g/mol. The lowest BCUT2D eigenvalue weighted by Crippen LogP contribution is -2.35. The first-order valence-electron chi connectivity index (χ1n) is 7.86. The van der Waals surface area contributed by atoms with Crippen LogP contribution in [-0.2, 0) is 0 Å². The summed E-state index contributed by atoms with van der Waals surface area (Å²) in [5.74, 6) is 0.604. The fourth-order valence-electron chi connectivity index (χ4n) is 3.17. The Morgan fingerprint density at radius 3 is 2.70 bits per heavy atom. The van der Waals surface area contributed by atoms with Crippen molar-refractivity contribution >= 4 is 0 Å². The maximum absolute atomic E-state index is 13.1. The van der Waals surface area contributed by atoms with Crippen LogP contribution in [-0.4, -0.2) is 17.7 Å². The van der Waals surface area contributed by atoms with Crippen LogP contribution in [0.4, 0.5) is 4.39 Å². The van der Waals surface area contributed by atoms with Gasteiger partial charge in [-0.2, -0.15) is 0 Å². The standard InChI is InChI=1S/C17H26FNO/c1-2-4-13-7-9-16(10-8-13)19-12-17(20)14-5-3-6-15(18)11-14/h3,5-6,11,13,16-17,19-20H,2,4,7-10,12H2,1H3. The average Bonchev–Trinajstić information content (AvgIpc) is 2.46. The van der Waals surface area contributed by atoms with Gasteiger partial charge < -0.3 is 10.4 Å². The Hall–Kier alpha value is -0.930. The molecule has 2 nitrogen and oxygen atoms in total. The highest BCUT2D eigenvalue weighted by Crippen LogP contribution is 2.28. The van der Waals surface area contributed by atoms with E-state index in [1.54, 1.807) is 12.1 Å². The van der Waals surface area contributed by atoms with Gasteiger partial charge in [0.1, 0.15) is 5.82 Å². The molecule has 0 spiro atoms. The van der Waals surface area contributed by atoms with Gasteiger partial charge in [-0.05, 0) is 49.3 Å². The van der Waals surface area contributed by atoms with E-state index in [2.05, 4.69) is 12.2 Å². The highest BCUT2D eigenvalue weighted by molar-refractivity contribution is 5.19. The molecule has 0 heterocycles. The molecule has 2 N–H and O–H groups in total. The van der Waals surface area contributed by atoms with Gasteiger partial charge in [0.25, 0.3) is 0 Å². The summed E-state index contributed by atoms with van der Waals surface area (Å²) in [4.78, 5) is 0. The van der Waals surface area contributed by atoms with Gasteiger partial charge in [-0.25, -0.2) is 4.39 Å². The molecule has 1 saturated carbocycles. The van der Waals surface area contributed by atoms with Crippen molar-refractivity contribution in [2.24, 2.45) is 5.92 Å². The molecule has 0 radical (unpaired) electrons. The molecule has 0 saturated heterocycles. The minimum absolute atomic E-state index is 0.290. The van der Waals surface area contributed by atoms with Crippen LogP contribution in [0.5, 0.6) is 0 Å². The number of halogens is 1. The van der Waals surface area contributed by atoms with E-state index in [9.17, 15) is 9.50 Å².